The van der Waals surface area contributed by atoms with Gasteiger partial charge in [-0.05, 0) is 18.9 Å². The molecule has 1 aliphatic rings. The summed E-state index contributed by atoms with van der Waals surface area (Å²) >= 11 is 0. The number of carbonyl (C=O) groups is 2. The fourth-order valence-corrected chi connectivity index (χ4v) is 2.78. The maximum Gasteiger partial charge on any atom is 0.225 e. The smallest absolute Gasteiger partial charge is 0.225 e. The maximum absolute atomic E-state index is 12.2. The minimum atomic E-state index is -0.248. The number of nitrogens with zero attached hydrogens (tertiary/aromatic N) is 1. The zero-order valence-electron chi connectivity index (χ0n) is 13.2. The van der Waals surface area contributed by atoms with Gasteiger partial charge in [-0.25, -0.2) is 0 Å². The van der Waals surface area contributed by atoms with Crippen LogP contribution in [-0.4, -0.2) is 49.6 Å². The van der Waals surface area contributed by atoms with Crippen molar-refractivity contribution in [1.29, 1.82) is 0 Å². The molecule has 1 aliphatic heterocycles. The summed E-state index contributed by atoms with van der Waals surface area (Å²) in [5, 5.41) is 2.94. The molecule has 2 rings (SSSR count). The van der Waals surface area contributed by atoms with Gasteiger partial charge in [-0.15, -0.1) is 0 Å². The van der Waals surface area contributed by atoms with Crippen molar-refractivity contribution in [2.24, 2.45) is 5.92 Å². The summed E-state index contributed by atoms with van der Waals surface area (Å²) in [5.41, 5.74) is 1.20. The maximum atomic E-state index is 12.2. The first-order valence-electron chi connectivity index (χ1n) is 7.72. The Bertz CT molecular complexity index is 504. The molecule has 120 valence electrons. The van der Waals surface area contributed by atoms with Crippen molar-refractivity contribution in [3.05, 3.63) is 35.9 Å². The quantitative estimate of drug-likeness (QED) is 0.824. The van der Waals surface area contributed by atoms with E-state index in [0.29, 0.717) is 26.1 Å². The van der Waals surface area contributed by atoms with E-state index in [1.54, 1.807) is 12.0 Å². The summed E-state index contributed by atoms with van der Waals surface area (Å²) < 4.78 is 5.08. The first-order valence-corrected chi connectivity index (χ1v) is 7.72. The van der Waals surface area contributed by atoms with E-state index in [2.05, 4.69) is 5.32 Å². The Kier molecular flexibility index (Phi) is 5.95. The van der Waals surface area contributed by atoms with Crippen LogP contribution >= 0.6 is 0 Å². The molecule has 22 heavy (non-hydrogen) atoms. The fourth-order valence-electron chi connectivity index (χ4n) is 2.78. The molecule has 1 aromatic carbocycles. The SMILES string of the molecule is COC[C@H](C)N1C[C@H](C(=O)NCCc2ccccc2)CC1=O. The van der Waals surface area contributed by atoms with Crippen molar-refractivity contribution in [3.8, 4) is 0 Å². The third-order valence-electron chi connectivity index (χ3n) is 4.02. The molecule has 2 amide bonds. The highest BCUT2D eigenvalue weighted by Gasteiger charge is 2.36. The number of likely N-dealkylation sites (tertiary alicyclic amines) is 1. The number of hydrogen-bond donors (Lipinski definition) is 1. The van der Waals surface area contributed by atoms with Crippen LogP contribution in [0.5, 0.6) is 0 Å². The van der Waals surface area contributed by atoms with E-state index in [1.165, 1.54) is 5.56 Å². The molecule has 5 heteroatoms. The van der Waals surface area contributed by atoms with Crippen LogP contribution in [0.3, 0.4) is 0 Å². The molecule has 1 N–H and O–H groups in total. The highest BCUT2D eigenvalue weighted by atomic mass is 16.5. The molecule has 0 spiro atoms. The highest BCUT2D eigenvalue weighted by molar-refractivity contribution is 5.89. The van der Waals surface area contributed by atoms with E-state index in [-0.39, 0.29) is 23.8 Å². The van der Waals surface area contributed by atoms with E-state index in [9.17, 15) is 9.59 Å². The minimum absolute atomic E-state index is 0.0135. The van der Waals surface area contributed by atoms with Gasteiger partial charge in [-0.3, -0.25) is 9.59 Å². The van der Waals surface area contributed by atoms with Crippen LogP contribution in [0.4, 0.5) is 0 Å². The summed E-state index contributed by atoms with van der Waals surface area (Å²) in [6, 6.07) is 10.0. The molecule has 1 aromatic rings. The van der Waals surface area contributed by atoms with Crippen LogP contribution in [0.25, 0.3) is 0 Å². The van der Waals surface area contributed by atoms with Crippen LogP contribution in [0.15, 0.2) is 30.3 Å². The third-order valence-corrected chi connectivity index (χ3v) is 4.02. The van der Waals surface area contributed by atoms with Gasteiger partial charge in [0, 0.05) is 26.6 Å². The van der Waals surface area contributed by atoms with Crippen molar-refractivity contribution < 1.29 is 14.3 Å². The topological polar surface area (TPSA) is 58.6 Å². The first kappa shape index (κ1) is 16.5. The Morgan fingerprint density at radius 2 is 2.14 bits per heavy atom. The molecular formula is C17H24N2O3. The Morgan fingerprint density at radius 1 is 1.41 bits per heavy atom. The van der Waals surface area contributed by atoms with Gasteiger partial charge in [0.2, 0.25) is 11.8 Å². The number of ether oxygens (including phenoxy) is 1. The molecule has 1 heterocycles. The predicted molar refractivity (Wildman–Crippen MR) is 84.3 cm³/mol. The van der Waals surface area contributed by atoms with Crippen LogP contribution in [-0.2, 0) is 20.7 Å². The third kappa shape index (κ3) is 4.31. The second-order valence-corrected chi connectivity index (χ2v) is 5.78. The highest BCUT2D eigenvalue weighted by Crippen LogP contribution is 2.20. The molecule has 0 unspecified atom stereocenters. The summed E-state index contributed by atoms with van der Waals surface area (Å²) in [6.07, 6.45) is 1.10. The van der Waals surface area contributed by atoms with Crippen LogP contribution < -0.4 is 5.32 Å². The molecule has 5 nitrogen and oxygen atoms in total. The van der Waals surface area contributed by atoms with E-state index in [1.807, 2.05) is 37.3 Å². The molecule has 0 aromatic heterocycles. The fraction of sp³-hybridized carbons (Fsp3) is 0.529. The molecule has 1 fully saturated rings. The van der Waals surface area contributed by atoms with Crippen molar-refractivity contribution in [2.45, 2.75) is 25.8 Å². The lowest BCUT2D eigenvalue weighted by atomic mass is 10.1. The Labute approximate surface area is 131 Å². The summed E-state index contributed by atoms with van der Waals surface area (Å²) in [7, 11) is 1.62. The first-order chi connectivity index (χ1) is 10.6. The lowest BCUT2D eigenvalue weighted by molar-refractivity contribution is -0.130. The van der Waals surface area contributed by atoms with Crippen LogP contribution in [0.2, 0.25) is 0 Å². The van der Waals surface area contributed by atoms with E-state index >= 15 is 0 Å². The summed E-state index contributed by atoms with van der Waals surface area (Å²) in [5.74, 6) is -0.244. The summed E-state index contributed by atoms with van der Waals surface area (Å²) in [4.78, 5) is 25.9. The van der Waals surface area contributed by atoms with E-state index in [0.717, 1.165) is 6.42 Å². The number of amides is 2. The average molecular weight is 304 g/mol. The van der Waals surface area contributed by atoms with Crippen molar-refractivity contribution in [3.63, 3.8) is 0 Å². The number of rotatable bonds is 7. The second-order valence-electron chi connectivity index (χ2n) is 5.78. The summed E-state index contributed by atoms with van der Waals surface area (Å²) in [6.45, 7) is 3.52. The van der Waals surface area contributed by atoms with Crippen LogP contribution in [0.1, 0.15) is 18.9 Å². The second kappa shape index (κ2) is 7.94. The standard InChI is InChI=1S/C17H24N2O3/c1-13(12-22-2)19-11-15(10-16(19)20)17(21)18-9-8-14-6-4-3-5-7-14/h3-7,13,15H,8-12H2,1-2H3,(H,18,21)/t13-,15+/m0/s1. The van der Waals surface area contributed by atoms with Gasteiger partial charge in [0.1, 0.15) is 0 Å². The number of methoxy groups -OCH3 is 1. The van der Waals surface area contributed by atoms with E-state index < -0.39 is 0 Å². The molecule has 2 atom stereocenters. The molecule has 0 bridgehead atoms. The normalized spacial score (nSPS) is 19.3. The predicted octanol–water partition coefficient (Wildman–Crippen LogP) is 1.23. The van der Waals surface area contributed by atoms with Crippen molar-refractivity contribution in [2.75, 3.05) is 26.8 Å². The number of nitrogens with one attached hydrogen (secondary N) is 1. The molecule has 1 saturated heterocycles. The molecule has 0 saturated carbocycles. The molecule has 0 aliphatic carbocycles. The molecular weight excluding hydrogens is 280 g/mol. The zero-order valence-corrected chi connectivity index (χ0v) is 13.2. The van der Waals surface area contributed by atoms with Gasteiger partial charge >= 0.3 is 0 Å². The van der Waals surface area contributed by atoms with Crippen molar-refractivity contribution >= 4 is 11.8 Å². The monoisotopic (exact) mass is 304 g/mol. The van der Waals surface area contributed by atoms with Crippen LogP contribution in [0, 0.1) is 5.92 Å². The Morgan fingerprint density at radius 3 is 2.82 bits per heavy atom. The Balaban J connectivity index is 1.77. The van der Waals surface area contributed by atoms with Gasteiger partial charge in [0.05, 0.1) is 18.6 Å². The van der Waals surface area contributed by atoms with Gasteiger partial charge < -0.3 is 15.0 Å². The van der Waals surface area contributed by atoms with Gasteiger partial charge in [0.25, 0.3) is 0 Å². The van der Waals surface area contributed by atoms with E-state index in [4.69, 9.17) is 4.74 Å². The van der Waals surface area contributed by atoms with Gasteiger partial charge in [-0.2, -0.15) is 0 Å². The zero-order chi connectivity index (χ0) is 15.9. The molecule has 0 radical (unpaired) electrons. The van der Waals surface area contributed by atoms with Crippen molar-refractivity contribution in [1.82, 2.24) is 10.2 Å². The minimum Gasteiger partial charge on any atom is -0.383 e. The van der Waals surface area contributed by atoms with Gasteiger partial charge in [0.15, 0.2) is 0 Å². The lowest BCUT2D eigenvalue weighted by Crippen LogP contribution is -2.39. The lowest BCUT2D eigenvalue weighted by Gasteiger charge is -2.23. The number of benzene rings is 1. The van der Waals surface area contributed by atoms with Gasteiger partial charge in [-0.1, -0.05) is 30.3 Å². The largest absolute Gasteiger partial charge is 0.383 e. The average Bonchev–Trinajstić information content (AvgIpc) is 2.91. The number of hydrogen-bond acceptors (Lipinski definition) is 3. The Hall–Kier alpha value is -1.88. The number of carbonyl (C=O) groups excluding carboxylic acids is 2.